The molecule has 0 aromatic carbocycles. The van der Waals surface area contributed by atoms with Gasteiger partial charge >= 0.3 is 0 Å². The van der Waals surface area contributed by atoms with Crippen LogP contribution in [-0.4, -0.2) is 0 Å². The summed E-state index contributed by atoms with van der Waals surface area (Å²) >= 11 is 0. The second kappa shape index (κ2) is 6.02. The smallest absolute Gasteiger partial charge is 0.0164 e. The van der Waals surface area contributed by atoms with E-state index in [2.05, 4.69) is 37.5 Å². The average molecular weight is 198 g/mol. The predicted octanol–water partition coefficient (Wildman–Crippen LogP) is 4.51. The summed E-state index contributed by atoms with van der Waals surface area (Å²) in [7, 11) is 0. The summed E-state index contributed by atoms with van der Waals surface area (Å²) in [5.74, 6) is 0. The molecule has 78 valence electrons. The molecule has 0 amide bonds. The van der Waals surface area contributed by atoms with Gasteiger partial charge in [-0.2, -0.15) is 0 Å². The van der Waals surface area contributed by atoms with E-state index in [1.54, 1.807) is 0 Å². The first-order chi connectivity index (χ1) is 7.29. The number of rotatable bonds is 2. The van der Waals surface area contributed by atoms with Crippen molar-refractivity contribution in [3.63, 3.8) is 0 Å². The molecule has 0 aliphatic heterocycles. The van der Waals surface area contributed by atoms with Gasteiger partial charge in [0, 0.05) is 0 Å². The molecule has 1 aliphatic carbocycles. The lowest BCUT2D eigenvalue weighted by molar-refractivity contribution is 0.998. The number of hydrogen-bond acceptors (Lipinski definition) is 0. The van der Waals surface area contributed by atoms with Crippen LogP contribution in [0.1, 0.15) is 19.8 Å². The third-order valence-electron chi connectivity index (χ3n) is 2.39. The summed E-state index contributed by atoms with van der Waals surface area (Å²) in [6, 6.07) is 0. The van der Waals surface area contributed by atoms with Crippen molar-refractivity contribution in [3.05, 3.63) is 72.4 Å². The summed E-state index contributed by atoms with van der Waals surface area (Å²) in [4.78, 5) is 0. The van der Waals surface area contributed by atoms with Gasteiger partial charge in [0.25, 0.3) is 0 Å². The van der Waals surface area contributed by atoms with Gasteiger partial charge in [-0.1, -0.05) is 55.7 Å². The predicted molar refractivity (Wildman–Crippen MR) is 68.7 cm³/mol. The van der Waals surface area contributed by atoms with E-state index >= 15 is 0 Å². The molecule has 0 N–H and O–H groups in total. The van der Waals surface area contributed by atoms with Crippen molar-refractivity contribution < 1.29 is 0 Å². The highest BCUT2D eigenvalue weighted by Crippen LogP contribution is 2.22. The summed E-state index contributed by atoms with van der Waals surface area (Å²) in [6.07, 6.45) is 16.5. The van der Waals surface area contributed by atoms with E-state index in [1.165, 1.54) is 5.57 Å². The minimum atomic E-state index is 1.03. The maximum atomic E-state index is 4.06. The topological polar surface area (TPSA) is 0 Å². The molecule has 0 fully saturated rings. The van der Waals surface area contributed by atoms with E-state index in [4.69, 9.17) is 0 Å². The van der Waals surface area contributed by atoms with E-state index in [1.807, 2.05) is 25.2 Å². The Hall–Kier alpha value is -1.56. The lowest BCUT2D eigenvalue weighted by Crippen LogP contribution is -1.89. The third kappa shape index (κ3) is 3.25. The molecule has 0 bridgehead atoms. The van der Waals surface area contributed by atoms with Crippen LogP contribution in [0.2, 0.25) is 0 Å². The first kappa shape index (κ1) is 11.5. The Labute approximate surface area is 92.7 Å². The highest BCUT2D eigenvalue weighted by molar-refractivity contribution is 5.50. The Balaban J connectivity index is 3.15. The van der Waals surface area contributed by atoms with Crippen molar-refractivity contribution in [2.24, 2.45) is 0 Å². The van der Waals surface area contributed by atoms with Gasteiger partial charge in [-0.3, -0.25) is 0 Å². The molecule has 1 rings (SSSR count). The molecule has 0 nitrogen and oxygen atoms in total. The Bertz CT molecular complexity index is 359. The molecule has 0 radical (unpaired) electrons. The standard InChI is InChI=1S/C15H18/c1-4-10-14-12-9-7-6-8-11-13(3)15(14)5-2/h4-8,10-11H,2-3,9,12H2,1H3/b7-6-,10-4-,11-8-,15-14-. The zero-order valence-electron chi connectivity index (χ0n) is 9.37. The fourth-order valence-electron chi connectivity index (χ4n) is 1.65. The van der Waals surface area contributed by atoms with Crippen LogP contribution in [0.4, 0.5) is 0 Å². The zero-order valence-corrected chi connectivity index (χ0v) is 9.37. The van der Waals surface area contributed by atoms with Crippen LogP contribution in [0.3, 0.4) is 0 Å². The van der Waals surface area contributed by atoms with Gasteiger partial charge in [-0.05, 0) is 36.5 Å². The van der Waals surface area contributed by atoms with Crippen molar-refractivity contribution in [1.29, 1.82) is 0 Å². The van der Waals surface area contributed by atoms with Gasteiger partial charge in [0.1, 0.15) is 0 Å². The summed E-state index contributed by atoms with van der Waals surface area (Å²) in [5.41, 5.74) is 3.51. The Morgan fingerprint density at radius 2 is 2.13 bits per heavy atom. The quantitative estimate of drug-likeness (QED) is 0.612. The summed E-state index contributed by atoms with van der Waals surface area (Å²) < 4.78 is 0. The molecule has 0 spiro atoms. The highest BCUT2D eigenvalue weighted by Gasteiger charge is 2.03. The van der Waals surface area contributed by atoms with Gasteiger partial charge < -0.3 is 0 Å². The molecule has 0 aromatic rings. The van der Waals surface area contributed by atoms with Crippen LogP contribution in [-0.2, 0) is 0 Å². The van der Waals surface area contributed by atoms with Crippen LogP contribution >= 0.6 is 0 Å². The highest BCUT2D eigenvalue weighted by atomic mass is 14.1. The van der Waals surface area contributed by atoms with Crippen molar-refractivity contribution in [2.75, 3.05) is 0 Å². The molecule has 0 aromatic heterocycles. The Morgan fingerprint density at radius 3 is 2.80 bits per heavy atom. The van der Waals surface area contributed by atoms with E-state index in [-0.39, 0.29) is 0 Å². The maximum Gasteiger partial charge on any atom is -0.0164 e. The number of allylic oxidation sites excluding steroid dienone is 10. The largest absolute Gasteiger partial charge is 0.0984 e. The van der Waals surface area contributed by atoms with Gasteiger partial charge in [-0.15, -0.1) is 0 Å². The molecule has 15 heavy (non-hydrogen) atoms. The van der Waals surface area contributed by atoms with E-state index < -0.39 is 0 Å². The Morgan fingerprint density at radius 1 is 1.33 bits per heavy atom. The van der Waals surface area contributed by atoms with Crippen molar-refractivity contribution in [1.82, 2.24) is 0 Å². The van der Waals surface area contributed by atoms with E-state index in [9.17, 15) is 0 Å². The molecular formula is C15H18. The van der Waals surface area contributed by atoms with Gasteiger partial charge in [0.15, 0.2) is 0 Å². The fourth-order valence-corrected chi connectivity index (χ4v) is 1.65. The van der Waals surface area contributed by atoms with Crippen LogP contribution in [0.15, 0.2) is 72.4 Å². The van der Waals surface area contributed by atoms with Crippen LogP contribution in [0.5, 0.6) is 0 Å². The molecule has 0 heterocycles. The van der Waals surface area contributed by atoms with Crippen molar-refractivity contribution >= 4 is 0 Å². The normalized spacial score (nSPS) is 26.9. The second-order valence-corrected chi connectivity index (χ2v) is 3.49. The maximum absolute atomic E-state index is 4.06. The lowest BCUT2D eigenvalue weighted by atomic mass is 9.97. The van der Waals surface area contributed by atoms with E-state index in [0.29, 0.717) is 0 Å². The second-order valence-electron chi connectivity index (χ2n) is 3.49. The molecule has 0 saturated heterocycles. The first-order valence-corrected chi connectivity index (χ1v) is 5.30. The average Bonchev–Trinajstić information content (AvgIpc) is 2.30. The van der Waals surface area contributed by atoms with Crippen LogP contribution in [0.25, 0.3) is 0 Å². The van der Waals surface area contributed by atoms with Gasteiger partial charge in [0.2, 0.25) is 0 Å². The fraction of sp³-hybridized carbons (Fsp3) is 0.200. The Kier molecular flexibility index (Phi) is 4.62. The third-order valence-corrected chi connectivity index (χ3v) is 2.39. The first-order valence-electron chi connectivity index (χ1n) is 5.30. The summed E-state index contributed by atoms with van der Waals surface area (Å²) in [6.45, 7) is 9.96. The summed E-state index contributed by atoms with van der Waals surface area (Å²) in [5, 5.41) is 0. The molecule has 0 saturated carbocycles. The van der Waals surface area contributed by atoms with Crippen molar-refractivity contribution in [2.45, 2.75) is 19.8 Å². The SMILES string of the molecule is C=C/C1=C(\C=C/C)CC/C=C\C=C/C1=C. The van der Waals surface area contributed by atoms with E-state index in [0.717, 1.165) is 24.0 Å². The lowest BCUT2D eigenvalue weighted by Gasteiger charge is -2.08. The molecular weight excluding hydrogens is 180 g/mol. The molecule has 1 aliphatic rings. The molecule has 0 unspecified atom stereocenters. The van der Waals surface area contributed by atoms with Gasteiger partial charge in [-0.25, -0.2) is 0 Å². The van der Waals surface area contributed by atoms with Crippen LogP contribution < -0.4 is 0 Å². The van der Waals surface area contributed by atoms with Gasteiger partial charge in [0.05, 0.1) is 0 Å². The molecule has 0 heteroatoms. The zero-order chi connectivity index (χ0) is 11.1. The number of hydrogen-bond donors (Lipinski definition) is 0. The minimum absolute atomic E-state index is 1.03. The van der Waals surface area contributed by atoms with Crippen LogP contribution in [0, 0.1) is 0 Å². The minimum Gasteiger partial charge on any atom is -0.0984 e. The van der Waals surface area contributed by atoms with Crippen molar-refractivity contribution in [3.8, 4) is 0 Å². The molecule has 0 atom stereocenters. The monoisotopic (exact) mass is 198 g/mol.